The molecule has 3 aromatic carbocycles. The third-order valence-electron chi connectivity index (χ3n) is 5.38. The molecule has 7 nitrogen and oxygen atoms in total. The van der Waals surface area contributed by atoms with Crippen molar-refractivity contribution in [2.75, 3.05) is 14.2 Å². The highest BCUT2D eigenvalue weighted by Crippen LogP contribution is 2.38. The number of carbonyl (C=O) groups is 1. The number of fused-ring (bicyclic) bond motifs is 2. The maximum Gasteiger partial charge on any atom is 0.255 e. The van der Waals surface area contributed by atoms with E-state index < -0.39 is 0 Å². The first-order chi connectivity index (χ1) is 15.7. The number of benzene rings is 3. The molecule has 7 heteroatoms. The molecule has 2 heterocycles. The zero-order valence-corrected chi connectivity index (χ0v) is 17.6. The van der Waals surface area contributed by atoms with Crippen LogP contribution in [0.25, 0.3) is 33.3 Å². The number of amides is 1. The average Bonchev–Trinajstić information content (AvgIpc) is 3.46. The Morgan fingerprint density at radius 2 is 1.91 bits per heavy atom. The zero-order chi connectivity index (χ0) is 22.1. The van der Waals surface area contributed by atoms with E-state index in [1.807, 2.05) is 60.7 Å². The smallest absolute Gasteiger partial charge is 0.255 e. The number of hydrogen-bond donors (Lipinski definition) is 2. The molecule has 0 aliphatic heterocycles. The summed E-state index contributed by atoms with van der Waals surface area (Å²) in [6, 6.07) is 20.8. The van der Waals surface area contributed by atoms with Crippen molar-refractivity contribution >= 4 is 27.8 Å². The first-order valence-electron chi connectivity index (χ1n) is 10.1. The summed E-state index contributed by atoms with van der Waals surface area (Å²) in [6.45, 7) is 0.360. The Balaban J connectivity index is 1.51. The van der Waals surface area contributed by atoms with Gasteiger partial charge < -0.3 is 19.2 Å². The van der Waals surface area contributed by atoms with E-state index in [4.69, 9.17) is 13.9 Å². The molecular weight excluding hydrogens is 406 g/mol. The highest BCUT2D eigenvalue weighted by Gasteiger charge is 2.22. The fourth-order valence-corrected chi connectivity index (χ4v) is 3.81. The highest BCUT2D eigenvalue weighted by atomic mass is 16.5. The lowest BCUT2D eigenvalue weighted by Crippen LogP contribution is -2.23. The second-order valence-electron chi connectivity index (χ2n) is 7.32. The third kappa shape index (κ3) is 3.43. The molecule has 0 spiro atoms. The van der Waals surface area contributed by atoms with Gasteiger partial charge in [0.25, 0.3) is 5.91 Å². The SMILES string of the molecule is COc1cccc(CNC(=O)c2ccc3[nH]nc(-c4cc5ccccc5o4)c3c2OC)c1. The predicted molar refractivity (Wildman–Crippen MR) is 122 cm³/mol. The van der Waals surface area contributed by atoms with Crippen molar-refractivity contribution < 1.29 is 18.7 Å². The van der Waals surface area contributed by atoms with Gasteiger partial charge in [-0.2, -0.15) is 5.10 Å². The van der Waals surface area contributed by atoms with Crippen LogP contribution in [-0.2, 0) is 6.54 Å². The van der Waals surface area contributed by atoms with Crippen molar-refractivity contribution in [3.8, 4) is 23.0 Å². The summed E-state index contributed by atoms with van der Waals surface area (Å²) < 4.78 is 16.9. The van der Waals surface area contributed by atoms with Gasteiger partial charge in [-0.3, -0.25) is 9.89 Å². The fourth-order valence-electron chi connectivity index (χ4n) is 3.81. The van der Waals surface area contributed by atoms with Crippen LogP contribution in [0.3, 0.4) is 0 Å². The minimum absolute atomic E-state index is 0.247. The largest absolute Gasteiger partial charge is 0.497 e. The molecule has 0 atom stereocenters. The zero-order valence-electron chi connectivity index (χ0n) is 17.6. The molecule has 0 aliphatic carbocycles. The molecule has 0 unspecified atom stereocenters. The van der Waals surface area contributed by atoms with Gasteiger partial charge in [-0.1, -0.05) is 30.3 Å². The third-order valence-corrected chi connectivity index (χ3v) is 5.38. The molecule has 1 amide bonds. The van der Waals surface area contributed by atoms with E-state index in [1.54, 1.807) is 20.3 Å². The number of para-hydroxylation sites is 1. The number of aromatic nitrogens is 2. The van der Waals surface area contributed by atoms with Crippen molar-refractivity contribution in [3.63, 3.8) is 0 Å². The van der Waals surface area contributed by atoms with Crippen LogP contribution in [0, 0.1) is 0 Å². The van der Waals surface area contributed by atoms with Gasteiger partial charge >= 0.3 is 0 Å². The second kappa shape index (κ2) is 8.11. The van der Waals surface area contributed by atoms with Gasteiger partial charge in [-0.15, -0.1) is 0 Å². The molecule has 0 bridgehead atoms. The lowest BCUT2D eigenvalue weighted by Gasteiger charge is -2.11. The summed E-state index contributed by atoms with van der Waals surface area (Å²) in [4.78, 5) is 13.0. The van der Waals surface area contributed by atoms with E-state index in [2.05, 4.69) is 15.5 Å². The number of furan rings is 1. The number of methoxy groups -OCH3 is 2. The Morgan fingerprint density at radius 3 is 2.72 bits per heavy atom. The van der Waals surface area contributed by atoms with Crippen LogP contribution in [-0.4, -0.2) is 30.3 Å². The highest BCUT2D eigenvalue weighted by molar-refractivity contribution is 6.07. The Morgan fingerprint density at radius 1 is 1.03 bits per heavy atom. The number of hydrogen-bond acceptors (Lipinski definition) is 5. The van der Waals surface area contributed by atoms with Crippen molar-refractivity contribution in [2.24, 2.45) is 0 Å². The topological polar surface area (TPSA) is 89.4 Å². The number of nitrogens with zero attached hydrogens (tertiary/aromatic N) is 1. The van der Waals surface area contributed by atoms with Crippen molar-refractivity contribution in [3.05, 3.63) is 77.9 Å². The molecule has 5 rings (SSSR count). The fraction of sp³-hybridized carbons (Fsp3) is 0.120. The standard InChI is InChI=1S/C25H21N3O4/c1-30-17-8-5-6-15(12-17)14-26-25(29)18-10-11-19-22(24(18)31-2)23(28-27-19)21-13-16-7-3-4-9-20(16)32-21/h3-13H,14H2,1-2H3,(H,26,29)(H,27,28). The van der Waals surface area contributed by atoms with E-state index in [9.17, 15) is 4.79 Å². The summed E-state index contributed by atoms with van der Waals surface area (Å²) in [5, 5.41) is 12.1. The molecule has 0 saturated heterocycles. The minimum Gasteiger partial charge on any atom is -0.497 e. The van der Waals surface area contributed by atoms with Crippen molar-refractivity contribution in [1.82, 2.24) is 15.5 Å². The Hall–Kier alpha value is -4.26. The summed E-state index contributed by atoms with van der Waals surface area (Å²) in [7, 11) is 3.16. The van der Waals surface area contributed by atoms with Crippen LogP contribution >= 0.6 is 0 Å². The van der Waals surface area contributed by atoms with Crippen LogP contribution in [0.5, 0.6) is 11.5 Å². The normalized spacial score (nSPS) is 11.1. The van der Waals surface area contributed by atoms with Crippen LogP contribution < -0.4 is 14.8 Å². The number of H-pyrrole nitrogens is 1. The summed E-state index contributed by atoms with van der Waals surface area (Å²) in [6.07, 6.45) is 0. The van der Waals surface area contributed by atoms with Gasteiger partial charge in [0.2, 0.25) is 0 Å². The van der Waals surface area contributed by atoms with E-state index in [0.717, 1.165) is 27.8 Å². The van der Waals surface area contributed by atoms with Crippen molar-refractivity contribution in [2.45, 2.75) is 6.54 Å². The molecule has 0 radical (unpaired) electrons. The first-order valence-corrected chi connectivity index (χ1v) is 10.1. The Bertz CT molecular complexity index is 1400. The van der Waals surface area contributed by atoms with Gasteiger partial charge in [0.15, 0.2) is 5.76 Å². The van der Waals surface area contributed by atoms with Gasteiger partial charge in [-0.25, -0.2) is 0 Å². The number of carbonyl (C=O) groups excluding carboxylic acids is 1. The van der Waals surface area contributed by atoms with E-state index in [-0.39, 0.29) is 5.91 Å². The van der Waals surface area contributed by atoms with Crippen LogP contribution in [0.1, 0.15) is 15.9 Å². The van der Waals surface area contributed by atoms with Crippen LogP contribution in [0.2, 0.25) is 0 Å². The van der Waals surface area contributed by atoms with Gasteiger partial charge in [0.05, 0.1) is 30.7 Å². The molecule has 32 heavy (non-hydrogen) atoms. The van der Waals surface area contributed by atoms with Crippen LogP contribution in [0.15, 0.2) is 71.1 Å². The molecule has 2 aromatic heterocycles. The first kappa shape index (κ1) is 19.7. The number of rotatable bonds is 6. The van der Waals surface area contributed by atoms with Crippen LogP contribution in [0.4, 0.5) is 0 Å². The molecular formula is C25H21N3O4. The summed E-state index contributed by atoms with van der Waals surface area (Å²) in [5.41, 5.74) is 3.47. The van der Waals surface area contributed by atoms with E-state index >= 15 is 0 Å². The average molecular weight is 427 g/mol. The van der Waals surface area contributed by atoms with Crippen molar-refractivity contribution in [1.29, 1.82) is 0 Å². The molecule has 160 valence electrons. The lowest BCUT2D eigenvalue weighted by atomic mass is 10.1. The minimum atomic E-state index is -0.247. The monoisotopic (exact) mass is 427 g/mol. The molecule has 5 aromatic rings. The van der Waals surface area contributed by atoms with Gasteiger partial charge in [0.1, 0.15) is 22.8 Å². The van der Waals surface area contributed by atoms with E-state index in [1.165, 1.54) is 0 Å². The van der Waals surface area contributed by atoms with E-state index in [0.29, 0.717) is 34.7 Å². The summed E-state index contributed by atoms with van der Waals surface area (Å²) in [5.74, 6) is 1.53. The molecule has 0 fully saturated rings. The van der Waals surface area contributed by atoms with Gasteiger partial charge in [-0.05, 0) is 42.0 Å². The summed E-state index contributed by atoms with van der Waals surface area (Å²) >= 11 is 0. The number of aromatic amines is 1. The Labute approximate surface area is 183 Å². The number of nitrogens with one attached hydrogen (secondary N) is 2. The maximum atomic E-state index is 13.0. The molecule has 2 N–H and O–H groups in total. The van der Waals surface area contributed by atoms with Gasteiger partial charge in [0, 0.05) is 11.9 Å². The second-order valence-corrected chi connectivity index (χ2v) is 7.32. The Kier molecular flexibility index (Phi) is 4.99. The molecule has 0 saturated carbocycles. The predicted octanol–water partition coefficient (Wildman–Crippen LogP) is 4.92. The molecule has 0 aliphatic rings. The lowest BCUT2D eigenvalue weighted by molar-refractivity contribution is 0.0948. The maximum absolute atomic E-state index is 13.0. The number of ether oxygens (including phenoxy) is 2. The quantitative estimate of drug-likeness (QED) is 0.401.